The molecule has 0 amide bonds. The van der Waals surface area contributed by atoms with Crippen molar-refractivity contribution in [1.82, 2.24) is 5.43 Å². The molecule has 0 aliphatic carbocycles. The predicted octanol–water partition coefficient (Wildman–Crippen LogP) is 0.850. The third-order valence-corrected chi connectivity index (χ3v) is 0.779. The molecule has 1 heterocycles. The highest BCUT2D eigenvalue weighted by Crippen LogP contribution is 1.84. The van der Waals surface area contributed by atoms with E-state index in [2.05, 4.69) is 17.5 Å². The minimum absolute atomic E-state index is 0.745. The Morgan fingerprint density at radius 3 is 3.25 bits per heavy atom. The second-order valence-corrected chi connectivity index (χ2v) is 1.45. The molecular weight excluding hydrogens is 100 g/mol. The van der Waals surface area contributed by atoms with Gasteiger partial charge in [-0.3, -0.25) is 5.43 Å². The van der Waals surface area contributed by atoms with Crippen LogP contribution in [-0.4, -0.2) is 5.71 Å². The van der Waals surface area contributed by atoms with Crippen LogP contribution in [0.15, 0.2) is 29.5 Å². The van der Waals surface area contributed by atoms with Gasteiger partial charge in [0.15, 0.2) is 0 Å². The Labute approximate surface area is 48.6 Å². The summed E-state index contributed by atoms with van der Waals surface area (Å²) in [5, 5.41) is 3.81. The van der Waals surface area contributed by atoms with Gasteiger partial charge >= 0.3 is 0 Å². The van der Waals surface area contributed by atoms with Crippen LogP contribution in [0.3, 0.4) is 0 Å². The zero-order valence-electron chi connectivity index (χ0n) is 4.46. The summed E-state index contributed by atoms with van der Waals surface area (Å²) < 4.78 is 0. The molecule has 0 saturated heterocycles. The van der Waals surface area contributed by atoms with Gasteiger partial charge in [0.2, 0.25) is 0 Å². The van der Waals surface area contributed by atoms with Crippen molar-refractivity contribution in [3.63, 3.8) is 0 Å². The molecule has 1 N–H and O–H groups in total. The van der Waals surface area contributed by atoms with Crippen molar-refractivity contribution in [3.05, 3.63) is 31.4 Å². The molecule has 2 nitrogen and oxygen atoms in total. The molecule has 0 spiro atoms. The van der Waals surface area contributed by atoms with Gasteiger partial charge in [-0.1, -0.05) is 6.08 Å². The lowest BCUT2D eigenvalue weighted by Crippen LogP contribution is -1.95. The lowest BCUT2D eigenvalue weighted by atomic mass is 10.4. The van der Waals surface area contributed by atoms with Gasteiger partial charge in [-0.15, -0.1) is 0 Å². The zero-order valence-corrected chi connectivity index (χ0v) is 4.46. The van der Waals surface area contributed by atoms with Crippen LogP contribution < -0.4 is 5.43 Å². The van der Waals surface area contributed by atoms with Crippen LogP contribution in [0.4, 0.5) is 0 Å². The molecule has 0 aromatic heterocycles. The Kier molecular flexibility index (Phi) is 1.47. The molecule has 1 radical (unpaired) electrons. The highest BCUT2D eigenvalue weighted by molar-refractivity contribution is 5.98. The monoisotopic (exact) mass is 107 g/mol. The molecule has 8 heavy (non-hydrogen) atoms. The average Bonchev–Trinajstić information content (AvgIpc) is 1.94. The van der Waals surface area contributed by atoms with Gasteiger partial charge < -0.3 is 0 Å². The first kappa shape index (κ1) is 5.09. The summed E-state index contributed by atoms with van der Waals surface area (Å²) in [6, 6.07) is 0. The first-order valence-electron chi connectivity index (χ1n) is 2.38. The van der Waals surface area contributed by atoms with Gasteiger partial charge in [0.05, 0.1) is 5.71 Å². The quantitative estimate of drug-likeness (QED) is 0.487. The molecule has 0 fully saturated rings. The second-order valence-electron chi connectivity index (χ2n) is 1.45. The Bertz CT molecular complexity index is 151. The molecule has 1 aliphatic heterocycles. The average molecular weight is 107 g/mol. The van der Waals surface area contributed by atoms with Gasteiger partial charge in [-0.25, -0.2) is 0 Å². The molecule has 1 rings (SSSR count). The first-order valence-corrected chi connectivity index (χ1v) is 2.38. The lowest BCUT2D eigenvalue weighted by molar-refractivity contribution is 0.974. The minimum atomic E-state index is 0.745. The number of rotatable bonds is 0. The normalized spacial score (nSPS) is 16.9. The molecule has 2 heteroatoms. The zero-order chi connectivity index (χ0) is 5.82. The van der Waals surface area contributed by atoms with Crippen LogP contribution in [-0.2, 0) is 0 Å². The fourth-order valence-electron chi connectivity index (χ4n) is 0.423. The number of hydrogen-bond acceptors (Lipinski definition) is 2. The van der Waals surface area contributed by atoms with Gasteiger partial charge in [-0.2, -0.15) is 5.10 Å². The molecule has 0 saturated carbocycles. The van der Waals surface area contributed by atoms with E-state index >= 15 is 0 Å². The maximum atomic E-state index is 3.81. The highest BCUT2D eigenvalue weighted by Gasteiger charge is 1.81. The largest absolute Gasteiger partial charge is 0.286 e. The van der Waals surface area contributed by atoms with Crippen LogP contribution in [0.25, 0.3) is 0 Å². The maximum Gasteiger partial charge on any atom is 0.0610 e. The summed E-state index contributed by atoms with van der Waals surface area (Å²) in [7, 11) is 0. The third-order valence-electron chi connectivity index (χ3n) is 0.779. The summed E-state index contributed by atoms with van der Waals surface area (Å²) in [6.07, 6.45) is 7.32. The Morgan fingerprint density at radius 2 is 2.38 bits per heavy atom. The molecule has 0 aromatic carbocycles. The van der Waals surface area contributed by atoms with Gasteiger partial charge in [-0.05, 0) is 19.1 Å². The molecule has 41 valence electrons. The van der Waals surface area contributed by atoms with E-state index in [1.807, 2.05) is 18.2 Å². The van der Waals surface area contributed by atoms with Crippen LogP contribution in [0.2, 0.25) is 0 Å². The molecule has 1 aliphatic rings. The van der Waals surface area contributed by atoms with E-state index in [1.54, 1.807) is 6.20 Å². The van der Waals surface area contributed by atoms with Crippen molar-refractivity contribution in [2.45, 2.75) is 0 Å². The number of nitrogens with one attached hydrogen (secondary N) is 1. The van der Waals surface area contributed by atoms with Crippen LogP contribution in [0, 0.1) is 6.92 Å². The fraction of sp³-hybridized carbons (Fsp3) is 0. The standard InChI is InChI=1S/C6H7N2/c1-6-4-2-3-5-7-8-6/h2-5,7H,1H2. The number of hydrazone groups is 1. The summed E-state index contributed by atoms with van der Waals surface area (Å²) in [4.78, 5) is 0. The Hall–Kier alpha value is -1.05. The highest BCUT2D eigenvalue weighted by atomic mass is 15.3. The summed E-state index contributed by atoms with van der Waals surface area (Å²) in [5.74, 6) is 0. The summed E-state index contributed by atoms with van der Waals surface area (Å²) in [6.45, 7) is 3.62. The van der Waals surface area contributed by atoms with E-state index in [0.717, 1.165) is 5.71 Å². The third kappa shape index (κ3) is 1.22. The topological polar surface area (TPSA) is 24.4 Å². The molecule has 0 aromatic rings. The first-order chi connectivity index (χ1) is 3.89. The van der Waals surface area contributed by atoms with E-state index in [0.29, 0.717) is 0 Å². The van der Waals surface area contributed by atoms with Crippen LogP contribution in [0.1, 0.15) is 0 Å². The van der Waals surface area contributed by atoms with Gasteiger partial charge in [0.25, 0.3) is 0 Å². The number of allylic oxidation sites excluding steroid dienone is 3. The number of hydrogen-bond donors (Lipinski definition) is 1. The summed E-state index contributed by atoms with van der Waals surface area (Å²) in [5.41, 5.74) is 3.42. The summed E-state index contributed by atoms with van der Waals surface area (Å²) >= 11 is 0. The van der Waals surface area contributed by atoms with E-state index in [1.165, 1.54) is 0 Å². The van der Waals surface area contributed by atoms with E-state index < -0.39 is 0 Å². The van der Waals surface area contributed by atoms with Gasteiger partial charge in [0.1, 0.15) is 0 Å². The van der Waals surface area contributed by atoms with Crippen molar-refractivity contribution >= 4 is 5.71 Å². The lowest BCUT2D eigenvalue weighted by Gasteiger charge is -1.85. The second kappa shape index (κ2) is 2.31. The van der Waals surface area contributed by atoms with Crippen LogP contribution in [0.5, 0.6) is 0 Å². The fourth-order valence-corrected chi connectivity index (χ4v) is 0.423. The Morgan fingerprint density at radius 1 is 1.50 bits per heavy atom. The van der Waals surface area contributed by atoms with E-state index in [4.69, 9.17) is 0 Å². The smallest absolute Gasteiger partial charge is 0.0610 e. The minimum Gasteiger partial charge on any atom is -0.286 e. The van der Waals surface area contributed by atoms with Crippen molar-refractivity contribution in [1.29, 1.82) is 0 Å². The predicted molar refractivity (Wildman–Crippen MR) is 34.2 cm³/mol. The molecule has 0 atom stereocenters. The molecule has 0 unspecified atom stereocenters. The van der Waals surface area contributed by atoms with Crippen LogP contribution >= 0.6 is 0 Å². The van der Waals surface area contributed by atoms with Crippen molar-refractivity contribution in [2.24, 2.45) is 5.10 Å². The van der Waals surface area contributed by atoms with Gasteiger partial charge in [0, 0.05) is 6.20 Å². The number of nitrogens with zero attached hydrogens (tertiary/aromatic N) is 1. The van der Waals surface area contributed by atoms with Crippen molar-refractivity contribution in [3.8, 4) is 0 Å². The SMILES string of the molecule is [CH2]C1=NNC=CC=C1. The van der Waals surface area contributed by atoms with E-state index in [-0.39, 0.29) is 0 Å². The van der Waals surface area contributed by atoms with Crippen molar-refractivity contribution in [2.75, 3.05) is 0 Å². The van der Waals surface area contributed by atoms with E-state index in [9.17, 15) is 0 Å². The maximum absolute atomic E-state index is 3.81. The van der Waals surface area contributed by atoms with Crippen molar-refractivity contribution < 1.29 is 0 Å². The molecular formula is C6H7N2. The molecule has 0 bridgehead atoms. The Balaban J connectivity index is 2.69.